The number of amides is 3. The van der Waals surface area contributed by atoms with E-state index in [2.05, 4.69) is 10.6 Å². The van der Waals surface area contributed by atoms with E-state index in [-0.39, 0.29) is 19.3 Å². The monoisotopic (exact) mass is 292 g/mol. The van der Waals surface area contributed by atoms with Gasteiger partial charge in [0.1, 0.15) is 0 Å². The van der Waals surface area contributed by atoms with Gasteiger partial charge in [0.15, 0.2) is 0 Å². The van der Waals surface area contributed by atoms with Crippen molar-refractivity contribution in [3.63, 3.8) is 0 Å². The van der Waals surface area contributed by atoms with Gasteiger partial charge in [-0.1, -0.05) is 24.3 Å². The molecule has 0 aliphatic rings. The number of carboxylic acids is 1. The van der Waals surface area contributed by atoms with Crippen LogP contribution in [0.25, 0.3) is 0 Å². The van der Waals surface area contributed by atoms with Crippen molar-refractivity contribution in [2.45, 2.75) is 32.6 Å². The Bertz CT molecular complexity index is 514. The van der Waals surface area contributed by atoms with Gasteiger partial charge in [-0.3, -0.25) is 14.9 Å². The van der Waals surface area contributed by atoms with Crippen LogP contribution in [0.15, 0.2) is 24.3 Å². The number of hydrogen-bond acceptors (Lipinski definition) is 3. The smallest absolute Gasteiger partial charge is 0.321 e. The van der Waals surface area contributed by atoms with Crippen molar-refractivity contribution >= 4 is 17.9 Å². The van der Waals surface area contributed by atoms with E-state index in [9.17, 15) is 14.4 Å². The summed E-state index contributed by atoms with van der Waals surface area (Å²) in [5, 5.41) is 13.2. The van der Waals surface area contributed by atoms with E-state index in [1.807, 2.05) is 31.2 Å². The van der Waals surface area contributed by atoms with E-state index < -0.39 is 17.9 Å². The molecule has 0 fully saturated rings. The molecule has 1 aromatic rings. The van der Waals surface area contributed by atoms with E-state index in [1.54, 1.807) is 0 Å². The molecule has 0 saturated carbocycles. The van der Waals surface area contributed by atoms with Crippen LogP contribution < -0.4 is 10.6 Å². The molecule has 6 heteroatoms. The van der Waals surface area contributed by atoms with Crippen LogP contribution in [0.5, 0.6) is 0 Å². The number of carbonyl (C=O) groups is 3. The van der Waals surface area contributed by atoms with Gasteiger partial charge in [0.2, 0.25) is 5.91 Å². The highest BCUT2D eigenvalue weighted by atomic mass is 16.4. The van der Waals surface area contributed by atoms with Crippen LogP contribution in [0.3, 0.4) is 0 Å². The van der Waals surface area contributed by atoms with Crippen molar-refractivity contribution in [2.24, 2.45) is 0 Å². The lowest BCUT2D eigenvalue weighted by molar-refractivity contribution is -0.137. The fourth-order valence-electron chi connectivity index (χ4n) is 1.83. The van der Waals surface area contributed by atoms with E-state index in [4.69, 9.17) is 5.11 Å². The number of rotatable bonds is 7. The predicted molar refractivity (Wildman–Crippen MR) is 77.9 cm³/mol. The zero-order valence-electron chi connectivity index (χ0n) is 12.0. The first-order chi connectivity index (χ1) is 9.99. The number of hydrogen-bond donors (Lipinski definition) is 3. The minimum absolute atomic E-state index is 0.0253. The maximum absolute atomic E-state index is 11.5. The summed E-state index contributed by atoms with van der Waals surface area (Å²) >= 11 is 0. The maximum Gasteiger partial charge on any atom is 0.321 e. The molecule has 0 aliphatic heterocycles. The summed E-state index contributed by atoms with van der Waals surface area (Å²) in [6.07, 6.45) is 0.852. The number of aryl methyl sites for hydroxylation is 1. The zero-order valence-corrected chi connectivity index (χ0v) is 12.0. The number of benzene rings is 1. The van der Waals surface area contributed by atoms with E-state index in [1.165, 1.54) is 0 Å². The molecule has 0 bridgehead atoms. The van der Waals surface area contributed by atoms with Crippen molar-refractivity contribution in [3.8, 4) is 0 Å². The van der Waals surface area contributed by atoms with Gasteiger partial charge >= 0.3 is 12.0 Å². The SMILES string of the molecule is Cc1ccccc1CCNC(=O)NC(=O)CCCC(=O)O. The average Bonchev–Trinajstić information content (AvgIpc) is 2.40. The molecule has 6 nitrogen and oxygen atoms in total. The highest BCUT2D eigenvalue weighted by Gasteiger charge is 2.08. The minimum Gasteiger partial charge on any atom is -0.481 e. The molecule has 0 spiro atoms. The van der Waals surface area contributed by atoms with Crippen LogP contribution in [0.4, 0.5) is 4.79 Å². The topological polar surface area (TPSA) is 95.5 Å². The number of carbonyl (C=O) groups excluding carboxylic acids is 2. The van der Waals surface area contributed by atoms with Crippen LogP contribution in [-0.2, 0) is 16.0 Å². The summed E-state index contributed by atoms with van der Waals surface area (Å²) in [4.78, 5) is 33.1. The lowest BCUT2D eigenvalue weighted by Gasteiger charge is -2.08. The zero-order chi connectivity index (χ0) is 15.7. The molecule has 0 unspecified atom stereocenters. The molecule has 0 aromatic heterocycles. The Hall–Kier alpha value is -2.37. The minimum atomic E-state index is -0.953. The second-order valence-electron chi connectivity index (χ2n) is 4.73. The standard InChI is InChI=1S/C15H20N2O4/c1-11-5-2-3-6-12(11)9-10-16-15(21)17-13(18)7-4-8-14(19)20/h2-3,5-6H,4,7-10H2,1H3,(H,19,20)(H2,16,17,18,21). The van der Waals surface area contributed by atoms with Crippen LogP contribution in [0.1, 0.15) is 30.4 Å². The van der Waals surface area contributed by atoms with Crippen molar-refractivity contribution in [3.05, 3.63) is 35.4 Å². The van der Waals surface area contributed by atoms with Gasteiger partial charge in [-0.05, 0) is 30.9 Å². The van der Waals surface area contributed by atoms with Crippen molar-refractivity contribution in [1.82, 2.24) is 10.6 Å². The summed E-state index contributed by atoms with van der Waals surface area (Å²) < 4.78 is 0. The van der Waals surface area contributed by atoms with Gasteiger partial charge in [0.05, 0.1) is 0 Å². The summed E-state index contributed by atoms with van der Waals surface area (Å²) in [5.74, 6) is -1.42. The third kappa shape index (κ3) is 7.10. The number of carboxylic acid groups (broad SMARTS) is 1. The lowest BCUT2D eigenvalue weighted by atomic mass is 10.1. The molecule has 3 amide bonds. The van der Waals surface area contributed by atoms with Gasteiger partial charge in [-0.2, -0.15) is 0 Å². The fourth-order valence-corrected chi connectivity index (χ4v) is 1.83. The molecule has 0 atom stereocenters. The number of imide groups is 1. The third-order valence-electron chi connectivity index (χ3n) is 2.99. The molecule has 0 heterocycles. The Morgan fingerprint density at radius 2 is 1.86 bits per heavy atom. The molecule has 114 valence electrons. The fraction of sp³-hybridized carbons (Fsp3) is 0.400. The summed E-state index contributed by atoms with van der Waals surface area (Å²) in [6.45, 7) is 2.43. The van der Waals surface area contributed by atoms with E-state index >= 15 is 0 Å². The van der Waals surface area contributed by atoms with Crippen LogP contribution >= 0.6 is 0 Å². The highest BCUT2D eigenvalue weighted by Crippen LogP contribution is 2.06. The van der Waals surface area contributed by atoms with Gasteiger partial charge in [0, 0.05) is 19.4 Å². The second kappa shape index (κ2) is 8.73. The number of urea groups is 1. The third-order valence-corrected chi connectivity index (χ3v) is 2.99. The summed E-state index contributed by atoms with van der Waals surface area (Å²) in [7, 11) is 0. The van der Waals surface area contributed by atoms with Gasteiger partial charge in [-0.15, -0.1) is 0 Å². The van der Waals surface area contributed by atoms with Crippen LogP contribution in [-0.4, -0.2) is 29.6 Å². The quantitative estimate of drug-likeness (QED) is 0.711. The summed E-state index contributed by atoms with van der Waals surface area (Å²) in [6, 6.07) is 7.33. The Kier molecular flexibility index (Phi) is 6.94. The first-order valence-electron chi connectivity index (χ1n) is 6.83. The van der Waals surface area contributed by atoms with Crippen molar-refractivity contribution in [2.75, 3.05) is 6.54 Å². The van der Waals surface area contributed by atoms with Gasteiger partial charge in [0.25, 0.3) is 0 Å². The van der Waals surface area contributed by atoms with E-state index in [0.29, 0.717) is 13.0 Å². The molecule has 1 aromatic carbocycles. The molecule has 0 aliphatic carbocycles. The van der Waals surface area contributed by atoms with Crippen LogP contribution in [0.2, 0.25) is 0 Å². The van der Waals surface area contributed by atoms with Gasteiger partial charge in [-0.25, -0.2) is 4.79 Å². The molecule has 0 radical (unpaired) electrons. The molecular formula is C15H20N2O4. The molecule has 3 N–H and O–H groups in total. The van der Waals surface area contributed by atoms with E-state index in [0.717, 1.165) is 11.1 Å². The first kappa shape index (κ1) is 16.7. The Morgan fingerprint density at radius 1 is 1.14 bits per heavy atom. The average molecular weight is 292 g/mol. The van der Waals surface area contributed by atoms with Crippen molar-refractivity contribution < 1.29 is 19.5 Å². The molecule has 1 rings (SSSR count). The Labute approximate surface area is 123 Å². The number of nitrogens with one attached hydrogen (secondary N) is 2. The molecule has 21 heavy (non-hydrogen) atoms. The maximum atomic E-state index is 11.5. The lowest BCUT2D eigenvalue weighted by Crippen LogP contribution is -2.40. The van der Waals surface area contributed by atoms with Crippen LogP contribution in [0, 0.1) is 6.92 Å². The summed E-state index contributed by atoms with van der Waals surface area (Å²) in [5.41, 5.74) is 2.30. The number of aliphatic carboxylic acids is 1. The normalized spacial score (nSPS) is 9.95. The second-order valence-corrected chi connectivity index (χ2v) is 4.73. The Balaban J connectivity index is 2.20. The highest BCUT2D eigenvalue weighted by molar-refractivity contribution is 5.94. The first-order valence-corrected chi connectivity index (χ1v) is 6.83. The van der Waals surface area contributed by atoms with Crippen molar-refractivity contribution in [1.29, 1.82) is 0 Å². The van der Waals surface area contributed by atoms with Gasteiger partial charge < -0.3 is 10.4 Å². The molecule has 0 saturated heterocycles. The molecular weight excluding hydrogens is 272 g/mol. The predicted octanol–water partition coefficient (Wildman–Crippen LogP) is 1.62. The largest absolute Gasteiger partial charge is 0.481 e. The Morgan fingerprint density at radius 3 is 2.52 bits per heavy atom.